The first kappa shape index (κ1) is 22.0. The van der Waals surface area contributed by atoms with Crippen molar-refractivity contribution in [3.05, 3.63) is 108 Å². The molecule has 0 radical (unpaired) electrons. The zero-order valence-corrected chi connectivity index (χ0v) is 18.8. The van der Waals surface area contributed by atoms with Gasteiger partial charge in [0.25, 0.3) is 0 Å². The molecule has 1 atom stereocenters. The van der Waals surface area contributed by atoms with E-state index in [1.165, 1.54) is 0 Å². The molecule has 1 saturated heterocycles. The Bertz CT molecular complexity index is 881. The predicted molar refractivity (Wildman–Crippen MR) is 128 cm³/mol. The van der Waals surface area contributed by atoms with Gasteiger partial charge in [-0.15, -0.1) is 12.6 Å². The van der Waals surface area contributed by atoms with Crippen molar-refractivity contribution in [3.63, 3.8) is 0 Å². The Morgan fingerprint density at radius 3 is 1.61 bits per heavy atom. The van der Waals surface area contributed by atoms with E-state index < -0.39 is 28.1 Å². The Labute approximate surface area is 191 Å². The molecule has 160 valence electrons. The van der Waals surface area contributed by atoms with Gasteiger partial charge in [-0.1, -0.05) is 102 Å². The second-order valence-electron chi connectivity index (χ2n) is 7.46. The molecule has 3 aromatic rings. The second kappa shape index (κ2) is 9.92. The Morgan fingerprint density at radius 1 is 0.839 bits per heavy atom. The summed E-state index contributed by atoms with van der Waals surface area (Å²) < 4.78 is 18.1. The zero-order chi connectivity index (χ0) is 21.7. The molecule has 4 rings (SSSR count). The van der Waals surface area contributed by atoms with Crippen LogP contribution < -0.4 is 0 Å². The summed E-state index contributed by atoms with van der Waals surface area (Å²) in [6.45, 7) is 1.12. The number of ether oxygens (including phenoxy) is 1. The van der Waals surface area contributed by atoms with E-state index in [2.05, 4.69) is 12.6 Å². The minimum absolute atomic E-state index is 0.424. The average molecular weight is 452 g/mol. The molecule has 0 aromatic heterocycles. The summed E-state index contributed by atoms with van der Waals surface area (Å²) in [5, 5.41) is -0.729. The van der Waals surface area contributed by atoms with Crippen molar-refractivity contribution in [2.45, 2.75) is 11.0 Å². The molecule has 31 heavy (non-hydrogen) atoms. The molecule has 6 heteroatoms. The summed E-state index contributed by atoms with van der Waals surface area (Å²) in [5.41, 5.74) is 1.48. The maximum Gasteiger partial charge on any atom is 0.335 e. The molecule has 1 aliphatic heterocycles. The van der Waals surface area contributed by atoms with Gasteiger partial charge in [-0.3, -0.25) is 4.90 Å². The molecule has 3 aromatic carbocycles. The van der Waals surface area contributed by atoms with Crippen LogP contribution in [-0.2, 0) is 26.3 Å². The summed E-state index contributed by atoms with van der Waals surface area (Å²) in [7, 11) is 0. The average Bonchev–Trinajstić information content (AvgIpc) is 2.84. The van der Waals surface area contributed by atoms with E-state index in [1.807, 2.05) is 95.9 Å². The lowest BCUT2D eigenvalue weighted by atomic mass is 9.80. The highest BCUT2D eigenvalue weighted by Crippen LogP contribution is 2.41. The summed E-state index contributed by atoms with van der Waals surface area (Å²) in [5.74, 6) is 0.671. The highest BCUT2D eigenvalue weighted by atomic mass is 32.2. The van der Waals surface area contributed by atoms with Gasteiger partial charge in [0, 0.05) is 29.8 Å². The highest BCUT2D eigenvalue weighted by molar-refractivity contribution is 7.91. The minimum Gasteiger partial charge on any atom is -0.616 e. The third kappa shape index (κ3) is 4.67. The number of benzene rings is 3. The van der Waals surface area contributed by atoms with Crippen LogP contribution in [0.15, 0.2) is 91.0 Å². The first-order valence-corrected chi connectivity index (χ1v) is 12.3. The fourth-order valence-electron chi connectivity index (χ4n) is 3.94. The number of carbonyl (C=O) groups excluding carboxylic acids is 1. The first-order valence-electron chi connectivity index (χ1n) is 10.3. The van der Waals surface area contributed by atoms with Crippen LogP contribution in [0.2, 0.25) is 0 Å². The summed E-state index contributed by atoms with van der Waals surface area (Å²) in [4.78, 5) is 15.4. The smallest absolute Gasteiger partial charge is 0.335 e. The maximum atomic E-state index is 13.4. The topological polar surface area (TPSA) is 52.6 Å². The zero-order valence-electron chi connectivity index (χ0n) is 17.1. The van der Waals surface area contributed by atoms with Crippen LogP contribution in [-0.4, -0.2) is 45.4 Å². The molecule has 1 fully saturated rings. The van der Waals surface area contributed by atoms with Crippen LogP contribution in [0.3, 0.4) is 0 Å². The van der Waals surface area contributed by atoms with Gasteiger partial charge in [-0.2, -0.15) is 0 Å². The van der Waals surface area contributed by atoms with Crippen LogP contribution in [0.5, 0.6) is 0 Å². The monoisotopic (exact) mass is 451 g/mol. The molecule has 0 bridgehead atoms. The number of hydrogen-bond acceptors (Lipinski definition) is 5. The molecule has 1 heterocycles. The van der Waals surface area contributed by atoms with Gasteiger partial charge in [0.2, 0.25) is 0 Å². The van der Waals surface area contributed by atoms with Gasteiger partial charge >= 0.3 is 5.97 Å². The first-order chi connectivity index (χ1) is 15.1. The number of carbonyl (C=O) groups is 1. The molecule has 4 nitrogen and oxygen atoms in total. The third-order valence-corrected chi connectivity index (χ3v) is 7.38. The maximum absolute atomic E-state index is 13.4. The van der Waals surface area contributed by atoms with E-state index in [0.29, 0.717) is 24.6 Å². The number of nitrogens with zero attached hydrogens (tertiary/aromatic N) is 1. The molecule has 0 saturated carbocycles. The van der Waals surface area contributed by atoms with Crippen molar-refractivity contribution in [1.29, 1.82) is 0 Å². The summed E-state index contributed by atoms with van der Waals surface area (Å²) >= 11 is 3.77. The molecular weight excluding hydrogens is 426 g/mol. The molecule has 0 amide bonds. The van der Waals surface area contributed by atoms with Crippen molar-refractivity contribution in [2.75, 3.05) is 24.6 Å². The van der Waals surface area contributed by atoms with Gasteiger partial charge in [-0.05, 0) is 0 Å². The van der Waals surface area contributed by atoms with Crippen LogP contribution in [0.1, 0.15) is 16.7 Å². The molecule has 0 spiro atoms. The second-order valence-corrected chi connectivity index (χ2v) is 9.64. The van der Waals surface area contributed by atoms with Crippen LogP contribution in [0.4, 0.5) is 0 Å². The van der Waals surface area contributed by atoms with Gasteiger partial charge < -0.3 is 9.29 Å². The fourth-order valence-corrected chi connectivity index (χ4v) is 5.31. The van der Waals surface area contributed by atoms with E-state index in [4.69, 9.17) is 4.74 Å². The van der Waals surface area contributed by atoms with E-state index in [0.717, 1.165) is 16.7 Å². The Balaban J connectivity index is 1.78. The Kier molecular flexibility index (Phi) is 7.02. The van der Waals surface area contributed by atoms with Gasteiger partial charge in [-0.25, -0.2) is 4.79 Å². The van der Waals surface area contributed by atoms with Crippen molar-refractivity contribution in [1.82, 2.24) is 4.90 Å². The Morgan fingerprint density at radius 2 is 1.23 bits per heavy atom. The predicted octanol–water partition coefficient (Wildman–Crippen LogP) is 3.84. The number of esters is 1. The molecule has 0 N–H and O–H groups in total. The lowest BCUT2D eigenvalue weighted by Crippen LogP contribution is -2.49. The van der Waals surface area contributed by atoms with Gasteiger partial charge in [0.15, 0.2) is 11.0 Å². The van der Waals surface area contributed by atoms with Gasteiger partial charge in [0.05, 0.1) is 0 Å². The fraction of sp³-hybridized carbons (Fsp3) is 0.240. The minimum atomic E-state index is -1.11. The van der Waals surface area contributed by atoms with E-state index >= 15 is 0 Å². The number of hydrogen-bond donors (Lipinski definition) is 1. The van der Waals surface area contributed by atoms with E-state index in [-0.39, 0.29) is 0 Å². The molecular formula is C25H25NO3S2. The lowest BCUT2D eigenvalue weighted by Gasteiger charge is -2.38. The van der Waals surface area contributed by atoms with Crippen molar-refractivity contribution < 1.29 is 14.1 Å². The molecule has 0 aliphatic carbocycles. The van der Waals surface area contributed by atoms with Gasteiger partial charge in [0.1, 0.15) is 11.5 Å². The highest BCUT2D eigenvalue weighted by Gasteiger charge is 2.42. The third-order valence-electron chi connectivity index (χ3n) is 5.56. The largest absolute Gasteiger partial charge is 0.616 e. The summed E-state index contributed by atoms with van der Waals surface area (Å²) in [6, 6.07) is 29.4. The van der Waals surface area contributed by atoms with E-state index in [9.17, 15) is 9.35 Å². The van der Waals surface area contributed by atoms with Crippen molar-refractivity contribution in [2.24, 2.45) is 0 Å². The molecule has 1 unspecified atom stereocenters. The number of rotatable bonds is 6. The number of thiol groups is 1. The van der Waals surface area contributed by atoms with Crippen LogP contribution in [0.25, 0.3) is 0 Å². The normalized spacial score (nSPS) is 16.6. The Hall–Kier alpha value is -2.25. The quantitative estimate of drug-likeness (QED) is 0.268. The lowest BCUT2D eigenvalue weighted by molar-refractivity contribution is -0.156. The van der Waals surface area contributed by atoms with Crippen molar-refractivity contribution in [3.8, 4) is 0 Å². The van der Waals surface area contributed by atoms with Crippen LogP contribution >= 0.6 is 12.6 Å². The SMILES string of the molecule is O=C(OC(c1ccccc1)(c1ccccc1)c1ccccc1)C(S)N1CC[S+]([O-])CC1. The van der Waals surface area contributed by atoms with Crippen molar-refractivity contribution >= 4 is 29.8 Å². The molecule has 1 aliphatic rings. The standard InChI is InChI=1S/C25H25NO3S2/c27-24(23(30)26-16-18-31(28)19-17-26)29-25(20-10-4-1-5-11-20,21-12-6-2-7-13-21)22-14-8-3-9-15-22/h1-15,23,30H,16-19H2. The summed E-state index contributed by atoms with van der Waals surface area (Å²) in [6.07, 6.45) is 0. The van der Waals surface area contributed by atoms with Crippen LogP contribution in [0, 0.1) is 0 Å². The van der Waals surface area contributed by atoms with E-state index in [1.54, 1.807) is 0 Å².